The molecular formula is C20H17F3N2O3. The Morgan fingerprint density at radius 2 is 1.96 bits per heavy atom. The Labute approximate surface area is 159 Å². The first-order valence-corrected chi connectivity index (χ1v) is 8.41. The molecule has 3 rings (SSSR count). The fourth-order valence-corrected chi connectivity index (χ4v) is 2.71. The second-order valence-electron chi connectivity index (χ2n) is 5.85. The number of nitrogens with one attached hydrogen (secondary N) is 1. The Balaban J connectivity index is 2.16. The number of halogens is 3. The first-order valence-electron chi connectivity index (χ1n) is 8.41. The van der Waals surface area contributed by atoms with Gasteiger partial charge in [-0.3, -0.25) is 4.98 Å². The molecule has 0 aliphatic carbocycles. The Hall–Kier alpha value is -3.29. The number of carbonyl (C=O) groups excluding carboxylic acids is 1. The number of rotatable bonds is 5. The Morgan fingerprint density at radius 3 is 2.64 bits per heavy atom. The SMILES string of the molecule is CCOC(=O)c1cnc2cc(C(F)(F)F)ccc2c1Nc1cccc(OC)c1. The van der Waals surface area contributed by atoms with Gasteiger partial charge in [-0.1, -0.05) is 12.1 Å². The summed E-state index contributed by atoms with van der Waals surface area (Å²) < 4.78 is 49.3. The Morgan fingerprint density at radius 1 is 1.18 bits per heavy atom. The minimum atomic E-state index is -4.49. The van der Waals surface area contributed by atoms with Crippen LogP contribution in [0.5, 0.6) is 5.75 Å². The molecule has 1 aromatic heterocycles. The standard InChI is InChI=1S/C20H17F3N2O3/c1-3-28-19(26)16-11-24-17-9-12(20(21,22)23)7-8-15(17)18(16)25-13-5-4-6-14(10-13)27-2/h4-11H,3H2,1-2H3,(H,24,25). The molecule has 5 nitrogen and oxygen atoms in total. The fourth-order valence-electron chi connectivity index (χ4n) is 2.71. The first kappa shape index (κ1) is 19.5. The lowest BCUT2D eigenvalue weighted by Gasteiger charge is -2.15. The van der Waals surface area contributed by atoms with E-state index in [1.807, 2.05) is 0 Å². The lowest BCUT2D eigenvalue weighted by Crippen LogP contribution is -2.10. The maximum atomic E-state index is 13.0. The predicted molar refractivity (Wildman–Crippen MR) is 99.0 cm³/mol. The molecule has 1 heterocycles. The third-order valence-corrected chi connectivity index (χ3v) is 4.03. The van der Waals surface area contributed by atoms with E-state index in [-0.39, 0.29) is 17.7 Å². The second kappa shape index (κ2) is 7.75. The highest BCUT2D eigenvalue weighted by Gasteiger charge is 2.31. The molecular weight excluding hydrogens is 373 g/mol. The zero-order chi connectivity index (χ0) is 20.3. The minimum Gasteiger partial charge on any atom is -0.497 e. The number of hydrogen-bond donors (Lipinski definition) is 1. The third kappa shape index (κ3) is 4.00. The number of aromatic nitrogens is 1. The number of ether oxygens (including phenoxy) is 2. The molecule has 0 radical (unpaired) electrons. The third-order valence-electron chi connectivity index (χ3n) is 4.03. The van der Waals surface area contributed by atoms with E-state index in [9.17, 15) is 18.0 Å². The average molecular weight is 390 g/mol. The number of benzene rings is 2. The van der Waals surface area contributed by atoms with Crippen LogP contribution in [-0.2, 0) is 10.9 Å². The highest BCUT2D eigenvalue weighted by atomic mass is 19.4. The highest BCUT2D eigenvalue weighted by molar-refractivity contribution is 6.06. The van der Waals surface area contributed by atoms with Crippen LogP contribution in [0.1, 0.15) is 22.8 Å². The lowest BCUT2D eigenvalue weighted by atomic mass is 10.1. The van der Waals surface area contributed by atoms with Crippen molar-refractivity contribution in [1.82, 2.24) is 4.98 Å². The van der Waals surface area contributed by atoms with Crippen LogP contribution in [0.2, 0.25) is 0 Å². The summed E-state index contributed by atoms with van der Waals surface area (Å²) in [6.45, 7) is 1.82. The minimum absolute atomic E-state index is 0.105. The zero-order valence-electron chi connectivity index (χ0n) is 15.1. The van der Waals surface area contributed by atoms with Crippen molar-refractivity contribution in [2.75, 3.05) is 19.0 Å². The molecule has 28 heavy (non-hydrogen) atoms. The van der Waals surface area contributed by atoms with Crippen LogP contribution in [0.3, 0.4) is 0 Å². The summed E-state index contributed by atoms with van der Waals surface area (Å²) in [5, 5.41) is 3.45. The number of hydrogen-bond acceptors (Lipinski definition) is 5. The Kier molecular flexibility index (Phi) is 5.39. The smallest absolute Gasteiger partial charge is 0.416 e. The number of nitrogens with zero attached hydrogens (tertiary/aromatic N) is 1. The number of anilines is 2. The van der Waals surface area contributed by atoms with Crippen molar-refractivity contribution in [3.05, 3.63) is 59.8 Å². The lowest BCUT2D eigenvalue weighted by molar-refractivity contribution is -0.137. The van der Waals surface area contributed by atoms with Crippen molar-refractivity contribution in [2.24, 2.45) is 0 Å². The number of methoxy groups -OCH3 is 1. The summed E-state index contributed by atoms with van der Waals surface area (Å²) in [6.07, 6.45) is -3.28. The van der Waals surface area contributed by atoms with E-state index in [0.29, 0.717) is 22.5 Å². The fraction of sp³-hybridized carbons (Fsp3) is 0.200. The van der Waals surface area contributed by atoms with Gasteiger partial charge in [0, 0.05) is 23.3 Å². The van der Waals surface area contributed by atoms with Crippen LogP contribution in [0.4, 0.5) is 24.5 Å². The van der Waals surface area contributed by atoms with Gasteiger partial charge in [-0.2, -0.15) is 13.2 Å². The van der Waals surface area contributed by atoms with Gasteiger partial charge in [0.2, 0.25) is 0 Å². The molecule has 0 amide bonds. The van der Waals surface area contributed by atoms with E-state index in [2.05, 4.69) is 10.3 Å². The van der Waals surface area contributed by atoms with Crippen molar-refractivity contribution in [1.29, 1.82) is 0 Å². The molecule has 1 N–H and O–H groups in total. The molecule has 0 fully saturated rings. The zero-order valence-corrected chi connectivity index (χ0v) is 15.1. The largest absolute Gasteiger partial charge is 0.497 e. The van der Waals surface area contributed by atoms with E-state index in [0.717, 1.165) is 12.1 Å². The highest BCUT2D eigenvalue weighted by Crippen LogP contribution is 2.35. The van der Waals surface area contributed by atoms with Crippen molar-refractivity contribution in [3.63, 3.8) is 0 Å². The van der Waals surface area contributed by atoms with Crippen molar-refractivity contribution in [3.8, 4) is 5.75 Å². The van der Waals surface area contributed by atoms with Gasteiger partial charge in [0.15, 0.2) is 0 Å². The number of esters is 1. The topological polar surface area (TPSA) is 60.5 Å². The molecule has 8 heteroatoms. The summed E-state index contributed by atoms with van der Waals surface area (Å²) in [5.41, 5.74) is 0.316. The monoisotopic (exact) mass is 390 g/mol. The number of fused-ring (bicyclic) bond motifs is 1. The predicted octanol–water partition coefficient (Wildman–Crippen LogP) is 5.18. The molecule has 0 spiro atoms. The molecule has 0 unspecified atom stereocenters. The maximum absolute atomic E-state index is 13.0. The number of alkyl halides is 3. The normalized spacial score (nSPS) is 11.3. The van der Waals surface area contributed by atoms with Gasteiger partial charge in [-0.05, 0) is 31.2 Å². The number of pyridine rings is 1. The molecule has 0 saturated carbocycles. The Bertz CT molecular complexity index is 1020. The summed E-state index contributed by atoms with van der Waals surface area (Å²) in [6, 6.07) is 10.1. The number of carbonyl (C=O) groups is 1. The summed E-state index contributed by atoms with van der Waals surface area (Å²) in [7, 11) is 1.52. The van der Waals surface area contributed by atoms with Gasteiger partial charge >= 0.3 is 12.1 Å². The molecule has 146 valence electrons. The van der Waals surface area contributed by atoms with E-state index in [4.69, 9.17) is 9.47 Å². The van der Waals surface area contributed by atoms with Gasteiger partial charge in [0.05, 0.1) is 30.5 Å². The van der Waals surface area contributed by atoms with Crippen LogP contribution >= 0.6 is 0 Å². The summed E-state index contributed by atoms with van der Waals surface area (Å²) in [4.78, 5) is 16.4. The molecule has 0 atom stereocenters. The quantitative estimate of drug-likeness (QED) is 0.608. The van der Waals surface area contributed by atoms with Crippen LogP contribution < -0.4 is 10.1 Å². The molecule has 0 aliphatic rings. The molecule has 0 aliphatic heterocycles. The average Bonchev–Trinajstić information content (AvgIpc) is 2.67. The van der Waals surface area contributed by atoms with Crippen LogP contribution in [0.15, 0.2) is 48.7 Å². The second-order valence-corrected chi connectivity index (χ2v) is 5.85. The van der Waals surface area contributed by atoms with Crippen molar-refractivity contribution in [2.45, 2.75) is 13.1 Å². The van der Waals surface area contributed by atoms with E-state index in [1.54, 1.807) is 31.2 Å². The van der Waals surface area contributed by atoms with Gasteiger partial charge in [0.1, 0.15) is 11.3 Å². The van der Waals surface area contributed by atoms with Crippen LogP contribution in [0.25, 0.3) is 10.9 Å². The molecule has 3 aromatic rings. The summed E-state index contributed by atoms with van der Waals surface area (Å²) in [5.74, 6) is -0.0393. The van der Waals surface area contributed by atoms with Crippen molar-refractivity contribution >= 4 is 28.2 Å². The van der Waals surface area contributed by atoms with E-state index in [1.165, 1.54) is 19.4 Å². The maximum Gasteiger partial charge on any atom is 0.416 e. The molecule has 2 aromatic carbocycles. The van der Waals surface area contributed by atoms with Gasteiger partial charge in [0.25, 0.3) is 0 Å². The summed E-state index contributed by atoms with van der Waals surface area (Å²) >= 11 is 0. The van der Waals surface area contributed by atoms with Crippen LogP contribution in [-0.4, -0.2) is 24.7 Å². The van der Waals surface area contributed by atoms with Crippen molar-refractivity contribution < 1.29 is 27.4 Å². The van der Waals surface area contributed by atoms with Gasteiger partial charge < -0.3 is 14.8 Å². The van der Waals surface area contributed by atoms with Gasteiger partial charge in [-0.15, -0.1) is 0 Å². The van der Waals surface area contributed by atoms with E-state index >= 15 is 0 Å². The molecule has 0 saturated heterocycles. The van der Waals surface area contributed by atoms with Crippen LogP contribution in [0, 0.1) is 0 Å². The van der Waals surface area contributed by atoms with Gasteiger partial charge in [-0.25, -0.2) is 4.79 Å². The molecule has 0 bridgehead atoms. The first-order chi connectivity index (χ1) is 13.3. The van der Waals surface area contributed by atoms with E-state index < -0.39 is 17.7 Å².